The van der Waals surface area contributed by atoms with Gasteiger partial charge in [0.2, 0.25) is 5.88 Å². The van der Waals surface area contributed by atoms with Gasteiger partial charge in [-0.3, -0.25) is 9.80 Å². The molecule has 2 aromatic rings. The van der Waals surface area contributed by atoms with Crippen molar-refractivity contribution in [2.45, 2.75) is 19.5 Å². The second-order valence-corrected chi connectivity index (χ2v) is 6.22. The lowest BCUT2D eigenvalue weighted by molar-refractivity contribution is 0.0955. The summed E-state index contributed by atoms with van der Waals surface area (Å²) in [7, 11) is 1.56. The summed E-state index contributed by atoms with van der Waals surface area (Å²) >= 11 is 0. The Morgan fingerprint density at radius 3 is 2.44 bits per heavy atom. The number of hydrogen-bond acceptors (Lipinski definition) is 5. The predicted octanol–water partition coefficient (Wildman–Crippen LogP) is 2.64. The standard InChI is InChI=1S/C18H22F2N4O/c1-13(16-5-3-14(19)11-17(16)20)24-9-7-23(8-10-24)12-15-4-6-18(25-2)22-21-15/h3-6,11,13H,7-10,12H2,1-2H3/t13-/m1/s1. The summed E-state index contributed by atoms with van der Waals surface area (Å²) in [4.78, 5) is 4.51. The van der Waals surface area contributed by atoms with Crippen molar-refractivity contribution in [1.29, 1.82) is 0 Å². The van der Waals surface area contributed by atoms with E-state index in [9.17, 15) is 8.78 Å². The van der Waals surface area contributed by atoms with Crippen LogP contribution in [0.2, 0.25) is 0 Å². The van der Waals surface area contributed by atoms with Gasteiger partial charge in [0.15, 0.2) is 0 Å². The fourth-order valence-electron chi connectivity index (χ4n) is 3.12. The number of benzene rings is 1. The highest BCUT2D eigenvalue weighted by Crippen LogP contribution is 2.25. The molecule has 0 spiro atoms. The monoisotopic (exact) mass is 348 g/mol. The summed E-state index contributed by atoms with van der Waals surface area (Å²) in [6.07, 6.45) is 0. The minimum atomic E-state index is -0.543. The average molecular weight is 348 g/mol. The summed E-state index contributed by atoms with van der Waals surface area (Å²) in [5.41, 5.74) is 1.43. The van der Waals surface area contributed by atoms with Crippen LogP contribution >= 0.6 is 0 Å². The van der Waals surface area contributed by atoms with Crippen molar-refractivity contribution in [3.8, 4) is 5.88 Å². The molecule has 0 aliphatic carbocycles. The molecule has 1 saturated heterocycles. The van der Waals surface area contributed by atoms with Gasteiger partial charge in [-0.15, -0.1) is 5.10 Å². The average Bonchev–Trinajstić information content (AvgIpc) is 2.62. The van der Waals surface area contributed by atoms with Crippen LogP contribution in [0.3, 0.4) is 0 Å². The van der Waals surface area contributed by atoms with Crippen LogP contribution in [0.15, 0.2) is 30.3 Å². The highest BCUT2D eigenvalue weighted by Gasteiger charge is 2.24. The molecule has 1 aliphatic heterocycles. The lowest BCUT2D eigenvalue weighted by atomic mass is 10.1. The molecule has 1 aliphatic rings. The third-order valence-electron chi connectivity index (χ3n) is 4.66. The zero-order valence-electron chi connectivity index (χ0n) is 14.5. The van der Waals surface area contributed by atoms with Gasteiger partial charge in [-0.2, -0.15) is 5.10 Å². The summed E-state index contributed by atoms with van der Waals surface area (Å²) in [5, 5.41) is 8.13. The van der Waals surface area contributed by atoms with Gasteiger partial charge in [0, 0.05) is 56.5 Å². The number of nitrogens with zero attached hydrogens (tertiary/aromatic N) is 4. The number of hydrogen-bond donors (Lipinski definition) is 0. The Balaban J connectivity index is 1.55. The molecule has 0 saturated carbocycles. The zero-order chi connectivity index (χ0) is 17.8. The molecule has 0 N–H and O–H groups in total. The maximum atomic E-state index is 14.0. The van der Waals surface area contributed by atoms with Crippen LogP contribution in [0.5, 0.6) is 5.88 Å². The molecule has 0 bridgehead atoms. The van der Waals surface area contributed by atoms with E-state index in [0.29, 0.717) is 11.4 Å². The molecule has 25 heavy (non-hydrogen) atoms. The fraction of sp³-hybridized carbons (Fsp3) is 0.444. The normalized spacial score (nSPS) is 17.4. The van der Waals surface area contributed by atoms with Gasteiger partial charge < -0.3 is 4.74 Å². The lowest BCUT2D eigenvalue weighted by Crippen LogP contribution is -2.46. The van der Waals surface area contributed by atoms with Crippen molar-refractivity contribution in [1.82, 2.24) is 20.0 Å². The maximum Gasteiger partial charge on any atom is 0.233 e. The number of ether oxygens (including phenoxy) is 1. The van der Waals surface area contributed by atoms with Gasteiger partial charge in [-0.1, -0.05) is 6.07 Å². The Morgan fingerprint density at radius 2 is 1.84 bits per heavy atom. The number of rotatable bonds is 5. The Bertz CT molecular complexity index is 703. The Hall–Kier alpha value is -2.12. The van der Waals surface area contributed by atoms with Crippen molar-refractivity contribution >= 4 is 0 Å². The molecule has 1 atom stereocenters. The highest BCUT2D eigenvalue weighted by molar-refractivity contribution is 5.22. The van der Waals surface area contributed by atoms with Crippen LogP contribution in [-0.4, -0.2) is 53.3 Å². The largest absolute Gasteiger partial charge is 0.480 e. The first-order valence-electron chi connectivity index (χ1n) is 8.35. The third kappa shape index (κ3) is 4.29. The van der Waals surface area contributed by atoms with Gasteiger partial charge in [-0.05, 0) is 19.1 Å². The van der Waals surface area contributed by atoms with Crippen molar-refractivity contribution < 1.29 is 13.5 Å². The second-order valence-electron chi connectivity index (χ2n) is 6.22. The van der Waals surface area contributed by atoms with Crippen molar-refractivity contribution in [3.63, 3.8) is 0 Å². The maximum absolute atomic E-state index is 14.0. The first-order chi connectivity index (χ1) is 12.1. The third-order valence-corrected chi connectivity index (χ3v) is 4.66. The molecular weight excluding hydrogens is 326 g/mol. The molecule has 0 unspecified atom stereocenters. The molecule has 0 radical (unpaired) electrons. The molecule has 134 valence electrons. The van der Waals surface area contributed by atoms with Gasteiger partial charge in [0.05, 0.1) is 12.8 Å². The molecule has 1 aromatic carbocycles. The van der Waals surface area contributed by atoms with Gasteiger partial charge in [-0.25, -0.2) is 8.78 Å². The predicted molar refractivity (Wildman–Crippen MR) is 90.2 cm³/mol. The summed E-state index contributed by atoms with van der Waals surface area (Å²) < 4.78 is 32.1. The van der Waals surface area contributed by atoms with E-state index in [0.717, 1.165) is 44.5 Å². The van der Waals surface area contributed by atoms with E-state index < -0.39 is 11.6 Å². The molecule has 1 fully saturated rings. The fourth-order valence-corrected chi connectivity index (χ4v) is 3.12. The highest BCUT2D eigenvalue weighted by atomic mass is 19.1. The Labute approximate surface area is 146 Å². The van der Waals surface area contributed by atoms with E-state index >= 15 is 0 Å². The van der Waals surface area contributed by atoms with Crippen molar-refractivity contribution in [2.75, 3.05) is 33.3 Å². The molecule has 2 heterocycles. The molecule has 0 amide bonds. The first kappa shape index (κ1) is 17.7. The number of aromatic nitrogens is 2. The van der Waals surface area contributed by atoms with Crippen LogP contribution in [-0.2, 0) is 6.54 Å². The SMILES string of the molecule is COc1ccc(CN2CCN([C@H](C)c3ccc(F)cc3F)CC2)nn1. The van der Waals surface area contributed by atoms with Crippen molar-refractivity contribution in [2.24, 2.45) is 0 Å². The first-order valence-corrected chi connectivity index (χ1v) is 8.35. The number of methoxy groups -OCH3 is 1. The van der Waals surface area contributed by atoms with Crippen LogP contribution < -0.4 is 4.74 Å². The molecule has 3 rings (SSSR count). The molecule has 5 nitrogen and oxygen atoms in total. The topological polar surface area (TPSA) is 41.5 Å². The van der Waals surface area contributed by atoms with E-state index in [2.05, 4.69) is 20.0 Å². The smallest absolute Gasteiger partial charge is 0.233 e. The minimum absolute atomic E-state index is 0.0801. The van der Waals surface area contributed by atoms with E-state index in [1.165, 1.54) is 12.1 Å². The van der Waals surface area contributed by atoms with E-state index in [1.54, 1.807) is 13.2 Å². The number of piperazine rings is 1. The van der Waals surface area contributed by atoms with E-state index in [4.69, 9.17) is 4.74 Å². The van der Waals surface area contributed by atoms with Gasteiger partial charge >= 0.3 is 0 Å². The zero-order valence-corrected chi connectivity index (χ0v) is 14.5. The minimum Gasteiger partial charge on any atom is -0.480 e. The van der Waals surface area contributed by atoms with Gasteiger partial charge in [0.25, 0.3) is 0 Å². The summed E-state index contributed by atoms with van der Waals surface area (Å²) in [6, 6.07) is 7.43. The quantitative estimate of drug-likeness (QED) is 0.831. The summed E-state index contributed by atoms with van der Waals surface area (Å²) in [5.74, 6) is -0.522. The second kappa shape index (κ2) is 7.84. The van der Waals surface area contributed by atoms with Crippen LogP contribution in [0.4, 0.5) is 8.78 Å². The van der Waals surface area contributed by atoms with E-state index in [-0.39, 0.29) is 6.04 Å². The molecule has 7 heteroatoms. The van der Waals surface area contributed by atoms with Gasteiger partial charge in [0.1, 0.15) is 11.6 Å². The van der Waals surface area contributed by atoms with Crippen LogP contribution in [0.25, 0.3) is 0 Å². The van der Waals surface area contributed by atoms with E-state index in [1.807, 2.05) is 13.0 Å². The van der Waals surface area contributed by atoms with Crippen molar-refractivity contribution in [3.05, 3.63) is 53.2 Å². The van der Waals surface area contributed by atoms with Crippen LogP contribution in [0, 0.1) is 11.6 Å². The Morgan fingerprint density at radius 1 is 1.08 bits per heavy atom. The Kier molecular flexibility index (Phi) is 5.55. The molecule has 1 aromatic heterocycles. The molecular formula is C18H22F2N4O. The summed E-state index contributed by atoms with van der Waals surface area (Å²) in [6.45, 7) is 6.05. The van der Waals surface area contributed by atoms with Crippen LogP contribution in [0.1, 0.15) is 24.2 Å². The number of halogens is 2. The lowest BCUT2D eigenvalue weighted by Gasteiger charge is -2.38.